The number of rotatable bonds is 2. The highest BCUT2D eigenvalue weighted by atomic mass is 79.9. The summed E-state index contributed by atoms with van der Waals surface area (Å²) < 4.78 is 12.4. The molecule has 3 rings (SSSR count). The number of benzene rings is 1. The third-order valence-corrected chi connectivity index (χ3v) is 5.64. The van der Waals surface area contributed by atoms with Gasteiger partial charge in [0.25, 0.3) is 0 Å². The van der Waals surface area contributed by atoms with E-state index in [-0.39, 0.29) is 11.5 Å². The Labute approximate surface area is 138 Å². The van der Waals surface area contributed by atoms with Crippen LogP contribution in [0.2, 0.25) is 5.02 Å². The molecule has 5 heteroatoms. The first-order valence-corrected chi connectivity index (χ1v) is 8.50. The molecule has 21 heavy (non-hydrogen) atoms. The lowest BCUT2D eigenvalue weighted by Crippen LogP contribution is -2.46. The summed E-state index contributed by atoms with van der Waals surface area (Å²) in [6.07, 6.45) is 2.56. The monoisotopic (exact) mass is 374 g/mol. The van der Waals surface area contributed by atoms with Crippen LogP contribution in [0.5, 0.6) is 0 Å². The van der Waals surface area contributed by atoms with Crippen LogP contribution >= 0.6 is 27.5 Å². The van der Waals surface area contributed by atoms with Gasteiger partial charge in [-0.15, -0.1) is 0 Å². The molecule has 3 atom stereocenters. The highest BCUT2D eigenvalue weighted by molar-refractivity contribution is 9.10. The predicted octanol–water partition coefficient (Wildman–Crippen LogP) is 3.90. The average Bonchev–Trinajstić information content (AvgIpc) is 2.86. The first kappa shape index (κ1) is 15.8. The van der Waals surface area contributed by atoms with Crippen LogP contribution in [-0.4, -0.2) is 30.5 Å². The second-order valence-electron chi connectivity index (χ2n) is 6.30. The molecule has 3 unspecified atom stereocenters. The van der Waals surface area contributed by atoms with Crippen molar-refractivity contribution >= 4 is 27.5 Å². The van der Waals surface area contributed by atoms with E-state index in [0.717, 1.165) is 35.9 Å². The van der Waals surface area contributed by atoms with Crippen molar-refractivity contribution in [1.29, 1.82) is 0 Å². The Morgan fingerprint density at radius 3 is 2.90 bits per heavy atom. The van der Waals surface area contributed by atoms with E-state index in [9.17, 15) is 5.11 Å². The van der Waals surface area contributed by atoms with Crippen LogP contribution in [-0.2, 0) is 15.1 Å². The van der Waals surface area contributed by atoms with Crippen LogP contribution in [0.1, 0.15) is 31.7 Å². The zero-order chi connectivity index (χ0) is 15.1. The van der Waals surface area contributed by atoms with Crippen LogP contribution < -0.4 is 0 Å². The highest BCUT2D eigenvalue weighted by Gasteiger charge is 2.47. The third-order valence-electron chi connectivity index (χ3n) is 4.83. The molecule has 0 radical (unpaired) electrons. The fourth-order valence-electron chi connectivity index (χ4n) is 3.49. The Kier molecular flexibility index (Phi) is 4.37. The molecule has 0 aromatic heterocycles. The molecule has 2 saturated heterocycles. The van der Waals surface area contributed by atoms with Crippen LogP contribution in [0.15, 0.2) is 22.7 Å². The minimum Gasteiger partial charge on any atom is -0.385 e. The van der Waals surface area contributed by atoms with E-state index < -0.39 is 5.60 Å². The maximum Gasteiger partial charge on any atom is 0.0940 e. The Morgan fingerprint density at radius 2 is 2.24 bits per heavy atom. The van der Waals surface area contributed by atoms with Gasteiger partial charge < -0.3 is 14.6 Å². The summed E-state index contributed by atoms with van der Waals surface area (Å²) in [4.78, 5) is 0. The van der Waals surface area contributed by atoms with Gasteiger partial charge in [0, 0.05) is 34.7 Å². The quantitative estimate of drug-likeness (QED) is 0.852. The van der Waals surface area contributed by atoms with Gasteiger partial charge in [-0.05, 0) is 37.8 Å². The lowest BCUT2D eigenvalue weighted by atomic mass is 9.73. The molecule has 1 spiro atoms. The summed E-state index contributed by atoms with van der Waals surface area (Å²) >= 11 is 9.74. The van der Waals surface area contributed by atoms with E-state index in [1.54, 1.807) is 0 Å². The van der Waals surface area contributed by atoms with Crippen molar-refractivity contribution < 1.29 is 14.6 Å². The van der Waals surface area contributed by atoms with Gasteiger partial charge in [0.1, 0.15) is 0 Å². The van der Waals surface area contributed by atoms with Gasteiger partial charge in [-0.25, -0.2) is 0 Å². The first-order chi connectivity index (χ1) is 9.93. The second kappa shape index (κ2) is 5.82. The number of aliphatic hydroxyl groups is 1. The maximum absolute atomic E-state index is 11.1. The van der Waals surface area contributed by atoms with E-state index >= 15 is 0 Å². The smallest absolute Gasteiger partial charge is 0.0940 e. The lowest BCUT2D eigenvalue weighted by molar-refractivity contribution is -0.140. The summed E-state index contributed by atoms with van der Waals surface area (Å²) in [7, 11) is 0. The van der Waals surface area contributed by atoms with Crippen molar-refractivity contribution in [1.82, 2.24) is 0 Å². The van der Waals surface area contributed by atoms with Crippen molar-refractivity contribution in [2.75, 3.05) is 19.8 Å². The molecule has 1 aromatic rings. The van der Waals surface area contributed by atoms with E-state index in [4.69, 9.17) is 21.1 Å². The van der Waals surface area contributed by atoms with Gasteiger partial charge in [-0.3, -0.25) is 0 Å². The molecular weight excluding hydrogens is 356 g/mol. The minimum atomic E-state index is -0.961. The fraction of sp³-hybridized carbons (Fsp3) is 0.625. The summed E-state index contributed by atoms with van der Waals surface area (Å²) in [6, 6.07) is 5.66. The molecule has 2 heterocycles. The molecule has 1 aromatic carbocycles. The molecule has 3 nitrogen and oxygen atoms in total. The Morgan fingerprint density at radius 1 is 1.43 bits per heavy atom. The molecule has 0 bridgehead atoms. The molecule has 0 saturated carbocycles. The summed E-state index contributed by atoms with van der Waals surface area (Å²) in [6.45, 7) is 3.90. The molecule has 0 aliphatic carbocycles. The van der Waals surface area contributed by atoms with E-state index in [1.165, 1.54) is 0 Å². The zero-order valence-electron chi connectivity index (χ0n) is 12.1. The normalized spacial score (nSPS) is 32.3. The van der Waals surface area contributed by atoms with Gasteiger partial charge in [0.05, 0.1) is 17.8 Å². The molecule has 2 fully saturated rings. The van der Waals surface area contributed by atoms with Crippen LogP contribution in [0, 0.1) is 5.92 Å². The van der Waals surface area contributed by atoms with Crippen molar-refractivity contribution in [3.05, 3.63) is 33.3 Å². The van der Waals surface area contributed by atoms with E-state index in [2.05, 4.69) is 15.9 Å². The van der Waals surface area contributed by atoms with Crippen LogP contribution in [0.3, 0.4) is 0 Å². The Bertz CT molecular complexity index is 526. The average molecular weight is 376 g/mol. The molecule has 1 N–H and O–H groups in total. The third kappa shape index (κ3) is 3.02. The summed E-state index contributed by atoms with van der Waals surface area (Å²) in [5.41, 5.74) is -0.389. The lowest BCUT2D eigenvalue weighted by Gasteiger charge is -2.43. The molecule has 116 valence electrons. The molecule has 2 aliphatic rings. The predicted molar refractivity (Wildman–Crippen MR) is 85.6 cm³/mol. The maximum atomic E-state index is 11.1. The van der Waals surface area contributed by atoms with Gasteiger partial charge >= 0.3 is 0 Å². The number of hydrogen-bond acceptors (Lipinski definition) is 3. The molecular formula is C16H20BrClO3. The summed E-state index contributed by atoms with van der Waals surface area (Å²) in [5.74, 6) is 0.117. The van der Waals surface area contributed by atoms with E-state index in [1.807, 2.05) is 25.1 Å². The minimum absolute atomic E-state index is 0.117. The van der Waals surface area contributed by atoms with Crippen molar-refractivity contribution in [2.24, 2.45) is 5.92 Å². The standard InChI is InChI=1S/C16H20BrClO3/c1-15(19,13-3-2-12(17)8-14(13)18)11-4-6-21-16(9-11)5-7-20-10-16/h2-3,8,11,19H,4-7,9-10H2,1H3. The fourth-order valence-corrected chi connectivity index (χ4v) is 4.36. The Balaban J connectivity index is 1.86. The first-order valence-electron chi connectivity index (χ1n) is 7.33. The zero-order valence-corrected chi connectivity index (χ0v) is 14.4. The topological polar surface area (TPSA) is 38.7 Å². The number of ether oxygens (including phenoxy) is 2. The number of halogens is 2. The van der Waals surface area contributed by atoms with Gasteiger partial charge in [0.2, 0.25) is 0 Å². The molecule has 2 aliphatic heterocycles. The Hall–Kier alpha value is -0.130. The second-order valence-corrected chi connectivity index (χ2v) is 7.62. The van der Waals surface area contributed by atoms with Crippen molar-refractivity contribution in [3.8, 4) is 0 Å². The highest BCUT2D eigenvalue weighted by Crippen LogP contribution is 2.45. The van der Waals surface area contributed by atoms with Gasteiger partial charge in [0.15, 0.2) is 0 Å². The van der Waals surface area contributed by atoms with Crippen LogP contribution in [0.25, 0.3) is 0 Å². The largest absolute Gasteiger partial charge is 0.385 e. The van der Waals surface area contributed by atoms with Crippen LogP contribution in [0.4, 0.5) is 0 Å². The summed E-state index contributed by atoms with van der Waals surface area (Å²) in [5, 5.41) is 11.7. The van der Waals surface area contributed by atoms with Gasteiger partial charge in [-0.2, -0.15) is 0 Å². The van der Waals surface area contributed by atoms with E-state index in [0.29, 0.717) is 18.2 Å². The van der Waals surface area contributed by atoms with Gasteiger partial charge in [-0.1, -0.05) is 33.6 Å². The number of hydrogen-bond donors (Lipinski definition) is 1. The molecule has 0 amide bonds. The van der Waals surface area contributed by atoms with Crippen molar-refractivity contribution in [2.45, 2.75) is 37.4 Å². The van der Waals surface area contributed by atoms with Crippen molar-refractivity contribution in [3.63, 3.8) is 0 Å². The SMILES string of the molecule is CC(O)(c1ccc(Br)cc1Cl)C1CCOC2(CCOC2)C1.